The fraction of sp³-hybridized carbons (Fsp3) is 0.200. The Labute approximate surface area is 85.5 Å². The molecule has 0 saturated heterocycles. The molecule has 2 aromatic heterocycles. The molecule has 0 fully saturated rings. The van der Waals surface area contributed by atoms with Crippen LogP contribution in [0, 0.1) is 13.8 Å². The molecule has 0 aliphatic rings. The predicted octanol–water partition coefficient (Wildman–Crippen LogP) is 2.12. The van der Waals surface area contributed by atoms with E-state index >= 15 is 0 Å². The zero-order chi connectivity index (χ0) is 10.1. The summed E-state index contributed by atoms with van der Waals surface area (Å²) < 4.78 is 0. The minimum absolute atomic E-state index is 0.0685. The van der Waals surface area contributed by atoms with Crippen molar-refractivity contribution in [3.05, 3.63) is 39.3 Å². The van der Waals surface area contributed by atoms with Crippen LogP contribution in [0.15, 0.2) is 23.3 Å². The zero-order valence-corrected chi connectivity index (χ0v) is 8.81. The van der Waals surface area contributed by atoms with Crippen LogP contribution in [0.5, 0.6) is 0 Å². The summed E-state index contributed by atoms with van der Waals surface area (Å²) in [6.07, 6.45) is 1.44. The van der Waals surface area contributed by atoms with Crippen LogP contribution in [-0.2, 0) is 0 Å². The molecule has 0 aromatic carbocycles. The summed E-state index contributed by atoms with van der Waals surface area (Å²) in [5.41, 5.74) is 1.39. The minimum Gasteiger partial charge on any atom is -0.313 e. The van der Waals surface area contributed by atoms with Gasteiger partial charge in [-0.1, -0.05) is 0 Å². The number of nitrogens with one attached hydrogen (secondary N) is 1. The molecular weight excluding hydrogens is 196 g/mol. The zero-order valence-electron chi connectivity index (χ0n) is 8.00. The quantitative estimate of drug-likeness (QED) is 0.776. The van der Waals surface area contributed by atoms with Gasteiger partial charge in [-0.3, -0.25) is 4.79 Å². The van der Waals surface area contributed by atoms with E-state index in [4.69, 9.17) is 0 Å². The maximum Gasteiger partial charge on any atom is 0.254 e. The first kappa shape index (κ1) is 9.15. The van der Waals surface area contributed by atoms with Gasteiger partial charge in [0.25, 0.3) is 5.56 Å². The van der Waals surface area contributed by atoms with Crippen molar-refractivity contribution in [1.29, 1.82) is 0 Å². The van der Waals surface area contributed by atoms with Gasteiger partial charge in [0.2, 0.25) is 0 Å². The van der Waals surface area contributed by atoms with Crippen molar-refractivity contribution in [2.75, 3.05) is 0 Å². The summed E-state index contributed by atoms with van der Waals surface area (Å²) in [5.74, 6) is 0. The summed E-state index contributed by atoms with van der Waals surface area (Å²) in [7, 11) is 0. The first-order chi connectivity index (χ1) is 6.68. The molecule has 0 amide bonds. The van der Waals surface area contributed by atoms with Gasteiger partial charge in [0.05, 0.1) is 16.9 Å². The van der Waals surface area contributed by atoms with Crippen LogP contribution >= 0.6 is 11.3 Å². The maximum atomic E-state index is 11.3. The Hall–Kier alpha value is -1.42. The van der Waals surface area contributed by atoms with Crippen molar-refractivity contribution in [2.24, 2.45) is 0 Å². The molecule has 72 valence electrons. The number of aromatic amines is 1. The largest absolute Gasteiger partial charge is 0.313 e. The van der Waals surface area contributed by atoms with E-state index in [0.717, 1.165) is 10.6 Å². The molecule has 2 aromatic rings. The van der Waals surface area contributed by atoms with Crippen LogP contribution in [0.4, 0.5) is 0 Å². The van der Waals surface area contributed by atoms with E-state index in [1.807, 2.05) is 19.1 Å². The molecule has 1 N–H and O–H groups in total. The second-order valence-electron chi connectivity index (χ2n) is 3.12. The Balaban J connectivity index is 2.63. The predicted molar refractivity (Wildman–Crippen MR) is 57.6 cm³/mol. The third-order valence-corrected chi connectivity index (χ3v) is 3.07. The highest BCUT2D eigenvalue weighted by Crippen LogP contribution is 2.26. The van der Waals surface area contributed by atoms with Crippen LogP contribution in [0.2, 0.25) is 0 Å². The van der Waals surface area contributed by atoms with E-state index in [9.17, 15) is 4.79 Å². The smallest absolute Gasteiger partial charge is 0.254 e. The highest BCUT2D eigenvalue weighted by Gasteiger charge is 2.07. The molecule has 0 atom stereocenters. The Kier molecular flexibility index (Phi) is 2.21. The summed E-state index contributed by atoms with van der Waals surface area (Å²) in [6, 6.07) is 4.02. The number of nitrogens with zero attached hydrogens (tertiary/aromatic N) is 1. The molecule has 0 unspecified atom stereocenters. The van der Waals surface area contributed by atoms with Gasteiger partial charge >= 0.3 is 0 Å². The number of hydrogen-bond acceptors (Lipinski definition) is 3. The molecule has 2 rings (SSSR count). The molecule has 0 radical (unpaired) electrons. The molecule has 0 aliphatic carbocycles. The lowest BCUT2D eigenvalue weighted by atomic mass is 10.2. The highest BCUT2D eigenvalue weighted by atomic mass is 32.1. The number of thiophene rings is 1. The van der Waals surface area contributed by atoms with Gasteiger partial charge in [-0.25, -0.2) is 4.98 Å². The van der Waals surface area contributed by atoms with Gasteiger partial charge in [0, 0.05) is 10.4 Å². The van der Waals surface area contributed by atoms with Crippen LogP contribution in [-0.4, -0.2) is 9.97 Å². The lowest BCUT2D eigenvalue weighted by molar-refractivity contribution is 1.09. The molecule has 14 heavy (non-hydrogen) atoms. The number of hydrogen-bond donors (Lipinski definition) is 1. The van der Waals surface area contributed by atoms with Gasteiger partial charge < -0.3 is 4.98 Å². The van der Waals surface area contributed by atoms with Crippen molar-refractivity contribution >= 4 is 11.3 Å². The highest BCUT2D eigenvalue weighted by molar-refractivity contribution is 7.15. The first-order valence-corrected chi connectivity index (χ1v) is 5.11. The van der Waals surface area contributed by atoms with E-state index in [0.29, 0.717) is 5.56 Å². The van der Waals surface area contributed by atoms with Gasteiger partial charge in [-0.15, -0.1) is 11.3 Å². The topological polar surface area (TPSA) is 45.8 Å². The maximum absolute atomic E-state index is 11.3. The number of H-pyrrole nitrogens is 1. The van der Waals surface area contributed by atoms with E-state index in [2.05, 4.69) is 9.97 Å². The SMILES string of the molecule is Cc1ccc(-c2nc[nH]c(=O)c2C)s1. The number of aromatic nitrogens is 2. The summed E-state index contributed by atoms with van der Waals surface area (Å²) >= 11 is 1.65. The van der Waals surface area contributed by atoms with Crippen LogP contribution in [0.3, 0.4) is 0 Å². The molecule has 0 bridgehead atoms. The third-order valence-electron chi connectivity index (χ3n) is 2.06. The van der Waals surface area contributed by atoms with E-state index in [1.165, 1.54) is 11.2 Å². The molecule has 0 aliphatic heterocycles. The molecule has 0 saturated carbocycles. The van der Waals surface area contributed by atoms with Gasteiger partial charge in [-0.2, -0.15) is 0 Å². The first-order valence-electron chi connectivity index (χ1n) is 4.29. The van der Waals surface area contributed by atoms with Crippen molar-refractivity contribution < 1.29 is 0 Å². The van der Waals surface area contributed by atoms with Gasteiger partial charge in [-0.05, 0) is 26.0 Å². The third kappa shape index (κ3) is 1.48. The molecule has 0 spiro atoms. The average molecular weight is 206 g/mol. The van der Waals surface area contributed by atoms with Gasteiger partial charge in [0.1, 0.15) is 0 Å². The number of aryl methyl sites for hydroxylation is 1. The normalized spacial score (nSPS) is 10.4. The summed E-state index contributed by atoms with van der Waals surface area (Å²) in [4.78, 5) is 20.3. The fourth-order valence-electron chi connectivity index (χ4n) is 1.28. The lowest BCUT2D eigenvalue weighted by Crippen LogP contribution is -2.10. The van der Waals surface area contributed by atoms with Crippen LogP contribution < -0.4 is 5.56 Å². The summed E-state index contributed by atoms with van der Waals surface area (Å²) in [5, 5.41) is 0. The average Bonchev–Trinajstić information content (AvgIpc) is 2.57. The van der Waals surface area contributed by atoms with E-state index in [1.54, 1.807) is 18.3 Å². The van der Waals surface area contributed by atoms with Crippen molar-refractivity contribution in [3.8, 4) is 10.6 Å². The minimum atomic E-state index is -0.0685. The standard InChI is InChI=1S/C10H10N2OS/c1-6-3-4-8(14-6)9-7(2)10(13)12-5-11-9/h3-5H,1-2H3,(H,11,12,13). The molecular formula is C10H10N2OS. The van der Waals surface area contributed by atoms with Crippen LogP contribution in [0.1, 0.15) is 10.4 Å². The van der Waals surface area contributed by atoms with Crippen molar-refractivity contribution in [2.45, 2.75) is 13.8 Å². The van der Waals surface area contributed by atoms with Crippen molar-refractivity contribution in [3.63, 3.8) is 0 Å². The van der Waals surface area contributed by atoms with E-state index in [-0.39, 0.29) is 5.56 Å². The molecule has 4 heteroatoms. The van der Waals surface area contributed by atoms with Crippen molar-refractivity contribution in [1.82, 2.24) is 9.97 Å². The Bertz CT molecular complexity index is 513. The second-order valence-corrected chi connectivity index (χ2v) is 4.40. The Morgan fingerprint density at radius 1 is 1.36 bits per heavy atom. The van der Waals surface area contributed by atoms with Gasteiger partial charge in [0.15, 0.2) is 0 Å². The number of rotatable bonds is 1. The Morgan fingerprint density at radius 2 is 2.14 bits per heavy atom. The monoisotopic (exact) mass is 206 g/mol. The molecule has 3 nitrogen and oxygen atoms in total. The lowest BCUT2D eigenvalue weighted by Gasteiger charge is -1.98. The Morgan fingerprint density at radius 3 is 2.79 bits per heavy atom. The molecule has 2 heterocycles. The van der Waals surface area contributed by atoms with Crippen LogP contribution in [0.25, 0.3) is 10.6 Å². The van der Waals surface area contributed by atoms with E-state index < -0.39 is 0 Å². The second kappa shape index (κ2) is 3.38. The summed E-state index contributed by atoms with van der Waals surface area (Å²) in [6.45, 7) is 3.83. The fourth-order valence-corrected chi connectivity index (χ4v) is 2.20.